The molecule has 0 N–H and O–H groups in total. The zero-order valence-electron chi connectivity index (χ0n) is 14.2. The van der Waals surface area contributed by atoms with Crippen molar-refractivity contribution in [2.75, 3.05) is 0 Å². The Bertz CT molecular complexity index is 791. The molecule has 0 aliphatic rings. The van der Waals surface area contributed by atoms with Crippen LogP contribution >= 0.6 is 0 Å². The quantitative estimate of drug-likeness (QED) is 0.600. The monoisotopic (exact) mass is 318 g/mol. The molecule has 3 rings (SSSR count). The molecule has 0 fully saturated rings. The van der Waals surface area contributed by atoms with E-state index in [9.17, 15) is 0 Å². The largest absolute Gasteiger partial charge is 0.489 e. The van der Waals surface area contributed by atoms with Gasteiger partial charge in [0, 0.05) is 0 Å². The van der Waals surface area contributed by atoms with E-state index in [0.29, 0.717) is 13.2 Å². The number of hydrogen-bond donors (Lipinski definition) is 0. The lowest BCUT2D eigenvalue weighted by molar-refractivity contribution is 0.285. The fourth-order valence-electron chi connectivity index (χ4n) is 2.50. The van der Waals surface area contributed by atoms with Gasteiger partial charge in [-0.25, -0.2) is 0 Å². The molecule has 2 heteroatoms. The zero-order valence-corrected chi connectivity index (χ0v) is 14.2. The molecule has 0 radical (unpaired) electrons. The fraction of sp³-hybridized carbons (Fsp3) is 0.182. The van der Waals surface area contributed by atoms with Gasteiger partial charge in [-0.05, 0) is 54.8 Å². The lowest BCUT2D eigenvalue weighted by Crippen LogP contribution is -2.03. The minimum absolute atomic E-state index is 0.538. The van der Waals surface area contributed by atoms with Crippen LogP contribution in [0.1, 0.15) is 22.3 Å². The van der Waals surface area contributed by atoms with Gasteiger partial charge in [-0.2, -0.15) is 0 Å². The molecule has 0 aliphatic heterocycles. The van der Waals surface area contributed by atoms with Gasteiger partial charge in [0.1, 0.15) is 24.7 Å². The van der Waals surface area contributed by atoms with Crippen LogP contribution < -0.4 is 9.47 Å². The average Bonchev–Trinajstić information content (AvgIpc) is 2.60. The second-order valence-corrected chi connectivity index (χ2v) is 5.98. The van der Waals surface area contributed by atoms with E-state index >= 15 is 0 Å². The van der Waals surface area contributed by atoms with Gasteiger partial charge in [-0.15, -0.1) is 0 Å². The molecule has 3 aromatic carbocycles. The van der Waals surface area contributed by atoms with Crippen LogP contribution in [0.3, 0.4) is 0 Å². The Morgan fingerprint density at radius 3 is 1.83 bits per heavy atom. The normalized spacial score (nSPS) is 10.4. The van der Waals surface area contributed by atoms with Gasteiger partial charge in [-0.1, -0.05) is 54.1 Å². The summed E-state index contributed by atoms with van der Waals surface area (Å²) in [6.45, 7) is 5.21. The van der Waals surface area contributed by atoms with Crippen molar-refractivity contribution < 1.29 is 9.47 Å². The van der Waals surface area contributed by atoms with Crippen molar-refractivity contribution in [2.45, 2.75) is 27.1 Å². The maximum absolute atomic E-state index is 5.93. The molecule has 0 atom stereocenters. The number of rotatable bonds is 6. The summed E-state index contributed by atoms with van der Waals surface area (Å²) in [5.41, 5.74) is 4.72. The molecule has 122 valence electrons. The summed E-state index contributed by atoms with van der Waals surface area (Å²) in [5, 5.41) is 0. The first-order valence-electron chi connectivity index (χ1n) is 8.16. The zero-order chi connectivity index (χ0) is 16.8. The van der Waals surface area contributed by atoms with Gasteiger partial charge in [0.15, 0.2) is 0 Å². The highest BCUT2D eigenvalue weighted by atomic mass is 16.5. The molecule has 0 unspecified atom stereocenters. The molecule has 0 amide bonds. The van der Waals surface area contributed by atoms with Gasteiger partial charge >= 0.3 is 0 Å². The molecule has 2 nitrogen and oxygen atoms in total. The van der Waals surface area contributed by atoms with Crippen LogP contribution in [0.25, 0.3) is 0 Å². The van der Waals surface area contributed by atoms with E-state index in [2.05, 4.69) is 44.2 Å². The summed E-state index contributed by atoms with van der Waals surface area (Å²) in [6, 6.07) is 24.5. The van der Waals surface area contributed by atoms with Crippen molar-refractivity contribution >= 4 is 0 Å². The third-order valence-corrected chi connectivity index (χ3v) is 3.92. The van der Waals surface area contributed by atoms with Crippen LogP contribution in [-0.2, 0) is 13.2 Å². The minimum Gasteiger partial charge on any atom is -0.489 e. The van der Waals surface area contributed by atoms with E-state index in [0.717, 1.165) is 22.6 Å². The Hall–Kier alpha value is -2.74. The number of ether oxygens (including phenoxy) is 2. The third kappa shape index (κ3) is 4.39. The molecule has 0 aromatic heterocycles. The number of benzene rings is 3. The van der Waals surface area contributed by atoms with Gasteiger partial charge in [0.05, 0.1) is 0 Å². The van der Waals surface area contributed by atoms with Crippen molar-refractivity contribution in [3.63, 3.8) is 0 Å². The molecule has 0 saturated heterocycles. The van der Waals surface area contributed by atoms with Gasteiger partial charge < -0.3 is 9.47 Å². The molecule has 0 bridgehead atoms. The van der Waals surface area contributed by atoms with E-state index < -0.39 is 0 Å². The van der Waals surface area contributed by atoms with E-state index in [1.54, 1.807) is 0 Å². The molecule has 0 saturated carbocycles. The minimum atomic E-state index is 0.538. The van der Waals surface area contributed by atoms with E-state index in [4.69, 9.17) is 9.47 Å². The molecule has 24 heavy (non-hydrogen) atoms. The smallest absolute Gasteiger partial charge is 0.120 e. The highest BCUT2D eigenvalue weighted by molar-refractivity contribution is 5.31. The lowest BCUT2D eigenvalue weighted by atomic mass is 10.1. The van der Waals surface area contributed by atoms with Crippen LogP contribution in [0.2, 0.25) is 0 Å². The number of hydrogen-bond acceptors (Lipinski definition) is 2. The second kappa shape index (κ2) is 7.69. The summed E-state index contributed by atoms with van der Waals surface area (Å²) in [7, 11) is 0. The van der Waals surface area contributed by atoms with Crippen LogP contribution in [0.4, 0.5) is 0 Å². The van der Waals surface area contributed by atoms with Crippen LogP contribution in [0, 0.1) is 13.8 Å². The Morgan fingerprint density at radius 1 is 0.583 bits per heavy atom. The van der Waals surface area contributed by atoms with Gasteiger partial charge in [-0.3, -0.25) is 0 Å². The van der Waals surface area contributed by atoms with Crippen LogP contribution in [0.5, 0.6) is 11.5 Å². The predicted molar refractivity (Wildman–Crippen MR) is 97.5 cm³/mol. The van der Waals surface area contributed by atoms with Gasteiger partial charge in [0.2, 0.25) is 0 Å². The summed E-state index contributed by atoms with van der Waals surface area (Å²) in [5.74, 6) is 1.78. The molecular weight excluding hydrogens is 296 g/mol. The van der Waals surface area contributed by atoms with Crippen molar-refractivity contribution in [3.05, 3.63) is 95.1 Å². The van der Waals surface area contributed by atoms with Crippen molar-refractivity contribution in [1.29, 1.82) is 0 Å². The average molecular weight is 318 g/mol. The summed E-state index contributed by atoms with van der Waals surface area (Å²) >= 11 is 0. The standard InChI is InChI=1S/C22H22O2/c1-17-10-12-21(13-11-17)23-15-19-7-3-4-8-20(19)16-24-22-9-5-6-18(2)14-22/h3-14H,15-16H2,1-2H3. The first kappa shape index (κ1) is 16.1. The summed E-state index contributed by atoms with van der Waals surface area (Å²) in [4.78, 5) is 0. The molecule has 3 aromatic rings. The van der Waals surface area contributed by atoms with Crippen molar-refractivity contribution in [2.24, 2.45) is 0 Å². The fourth-order valence-corrected chi connectivity index (χ4v) is 2.50. The topological polar surface area (TPSA) is 18.5 Å². The Morgan fingerprint density at radius 2 is 1.21 bits per heavy atom. The first-order valence-corrected chi connectivity index (χ1v) is 8.16. The van der Waals surface area contributed by atoms with Crippen molar-refractivity contribution in [3.8, 4) is 11.5 Å². The first-order chi connectivity index (χ1) is 11.7. The van der Waals surface area contributed by atoms with Crippen LogP contribution in [0.15, 0.2) is 72.8 Å². The molecular formula is C22H22O2. The Labute approximate surface area is 143 Å². The highest BCUT2D eigenvalue weighted by Crippen LogP contribution is 2.19. The van der Waals surface area contributed by atoms with Gasteiger partial charge in [0.25, 0.3) is 0 Å². The van der Waals surface area contributed by atoms with E-state index in [-0.39, 0.29) is 0 Å². The summed E-state index contributed by atoms with van der Waals surface area (Å²) < 4.78 is 11.8. The van der Waals surface area contributed by atoms with Crippen molar-refractivity contribution in [1.82, 2.24) is 0 Å². The van der Waals surface area contributed by atoms with Crippen LogP contribution in [-0.4, -0.2) is 0 Å². The SMILES string of the molecule is Cc1ccc(OCc2ccccc2COc2cccc(C)c2)cc1. The second-order valence-electron chi connectivity index (χ2n) is 5.98. The van der Waals surface area contributed by atoms with E-state index in [1.807, 2.05) is 42.5 Å². The molecule has 0 aliphatic carbocycles. The van der Waals surface area contributed by atoms with E-state index in [1.165, 1.54) is 11.1 Å². The lowest BCUT2D eigenvalue weighted by Gasteiger charge is -2.13. The summed E-state index contributed by atoms with van der Waals surface area (Å²) in [6.07, 6.45) is 0. The number of aryl methyl sites for hydroxylation is 2. The third-order valence-electron chi connectivity index (χ3n) is 3.92. The Kier molecular flexibility index (Phi) is 5.17. The maximum atomic E-state index is 5.93. The maximum Gasteiger partial charge on any atom is 0.120 e. The highest BCUT2D eigenvalue weighted by Gasteiger charge is 2.04. The molecule has 0 spiro atoms. The Balaban J connectivity index is 1.65. The predicted octanol–water partition coefficient (Wildman–Crippen LogP) is 5.46. The molecule has 0 heterocycles.